The fourth-order valence-electron chi connectivity index (χ4n) is 2.25. The minimum atomic E-state index is 0.932. The Morgan fingerprint density at radius 2 is 2.27 bits per heavy atom. The first-order valence-electron chi connectivity index (χ1n) is 5.35. The zero-order chi connectivity index (χ0) is 10.7. The van der Waals surface area contributed by atoms with Crippen LogP contribution in [0.5, 0.6) is 0 Å². The third-order valence-corrected chi connectivity index (χ3v) is 2.94. The lowest BCUT2D eigenvalue weighted by molar-refractivity contribution is 0.824. The predicted octanol–water partition coefficient (Wildman–Crippen LogP) is 2.41. The van der Waals surface area contributed by atoms with E-state index in [4.69, 9.17) is 5.84 Å². The van der Waals surface area contributed by atoms with Crippen molar-refractivity contribution in [3.05, 3.63) is 47.5 Å². The highest BCUT2D eigenvalue weighted by molar-refractivity contribution is 6.02. The van der Waals surface area contributed by atoms with Gasteiger partial charge in [0, 0.05) is 5.56 Å². The van der Waals surface area contributed by atoms with Crippen LogP contribution in [0.2, 0.25) is 0 Å². The number of allylic oxidation sites excluding steroid dienone is 1. The molecule has 2 N–H and O–H groups in total. The molecular formula is C13H16N2. The van der Waals surface area contributed by atoms with E-state index in [1.807, 2.05) is 6.08 Å². The average Bonchev–Trinajstić information content (AvgIpc) is 2.29. The van der Waals surface area contributed by atoms with Crippen molar-refractivity contribution in [1.29, 1.82) is 0 Å². The number of hydrogen-bond acceptors (Lipinski definition) is 2. The highest BCUT2D eigenvalue weighted by Gasteiger charge is 2.17. The summed E-state index contributed by atoms with van der Waals surface area (Å²) in [6.07, 6.45) is 6.17. The average molecular weight is 200 g/mol. The highest BCUT2D eigenvalue weighted by Crippen LogP contribution is 2.25. The molecule has 0 radical (unpaired) electrons. The third kappa shape index (κ3) is 1.80. The second-order valence-corrected chi connectivity index (χ2v) is 3.87. The van der Waals surface area contributed by atoms with Crippen molar-refractivity contribution in [3.63, 3.8) is 0 Å². The van der Waals surface area contributed by atoms with E-state index in [-0.39, 0.29) is 0 Å². The van der Waals surface area contributed by atoms with Gasteiger partial charge in [0.2, 0.25) is 0 Å². The number of nitrogens with two attached hydrogens (primary N) is 1. The molecule has 0 atom stereocenters. The summed E-state index contributed by atoms with van der Waals surface area (Å²) < 4.78 is 0. The highest BCUT2D eigenvalue weighted by atomic mass is 15.1. The van der Waals surface area contributed by atoms with Crippen LogP contribution in [-0.2, 0) is 12.8 Å². The summed E-state index contributed by atoms with van der Waals surface area (Å²) in [5.41, 5.74) is 5.06. The van der Waals surface area contributed by atoms with Gasteiger partial charge in [0.1, 0.15) is 0 Å². The van der Waals surface area contributed by atoms with Crippen molar-refractivity contribution in [2.45, 2.75) is 25.7 Å². The van der Waals surface area contributed by atoms with Crippen LogP contribution < -0.4 is 5.84 Å². The largest absolute Gasteiger partial charge is 0.323 e. The van der Waals surface area contributed by atoms with Crippen molar-refractivity contribution < 1.29 is 0 Å². The topological polar surface area (TPSA) is 38.4 Å². The van der Waals surface area contributed by atoms with Crippen LogP contribution in [0, 0.1) is 0 Å². The maximum absolute atomic E-state index is 5.41. The third-order valence-electron chi connectivity index (χ3n) is 2.94. The van der Waals surface area contributed by atoms with Crippen molar-refractivity contribution in [3.8, 4) is 0 Å². The Labute approximate surface area is 90.5 Å². The first kappa shape index (κ1) is 9.97. The van der Waals surface area contributed by atoms with Gasteiger partial charge in [0.25, 0.3) is 0 Å². The van der Waals surface area contributed by atoms with Gasteiger partial charge < -0.3 is 5.84 Å². The second kappa shape index (κ2) is 4.30. The number of hydrazone groups is 1. The lowest BCUT2D eigenvalue weighted by Crippen LogP contribution is -2.15. The van der Waals surface area contributed by atoms with Gasteiger partial charge in [-0.1, -0.05) is 24.3 Å². The van der Waals surface area contributed by atoms with Gasteiger partial charge in [0.05, 0.1) is 5.71 Å². The molecule has 1 aromatic rings. The smallest absolute Gasteiger partial charge is 0.0675 e. The number of hydrogen-bond donors (Lipinski definition) is 1. The first-order valence-corrected chi connectivity index (χ1v) is 5.35. The maximum atomic E-state index is 5.41. The molecule has 78 valence electrons. The molecule has 0 aromatic heterocycles. The summed E-state index contributed by atoms with van der Waals surface area (Å²) >= 11 is 0. The van der Waals surface area contributed by atoms with Crippen molar-refractivity contribution in [1.82, 2.24) is 0 Å². The van der Waals surface area contributed by atoms with E-state index in [2.05, 4.69) is 29.9 Å². The molecular weight excluding hydrogens is 184 g/mol. The summed E-state index contributed by atoms with van der Waals surface area (Å²) in [7, 11) is 0. The number of rotatable bonds is 2. The van der Waals surface area contributed by atoms with Crippen LogP contribution in [0.4, 0.5) is 0 Å². The van der Waals surface area contributed by atoms with Gasteiger partial charge >= 0.3 is 0 Å². The van der Waals surface area contributed by atoms with Gasteiger partial charge in [-0.25, -0.2) is 0 Å². The van der Waals surface area contributed by atoms with Crippen LogP contribution in [0.15, 0.2) is 36.0 Å². The normalized spacial score (nSPS) is 17.5. The predicted molar refractivity (Wildman–Crippen MR) is 64.0 cm³/mol. The van der Waals surface area contributed by atoms with Gasteiger partial charge in [-0.05, 0) is 36.8 Å². The molecule has 1 aliphatic carbocycles. The van der Waals surface area contributed by atoms with Gasteiger partial charge in [-0.15, -0.1) is 6.58 Å². The standard InChI is InChI=1S/C13H16N2/c1-2-5-10-6-3-8-12-11(10)7-4-9-13(12)15-14/h2-3,6,8H,1,4-5,7,9,14H2. The maximum Gasteiger partial charge on any atom is 0.0675 e. The van der Waals surface area contributed by atoms with Crippen LogP contribution >= 0.6 is 0 Å². The Hall–Kier alpha value is -1.57. The lowest BCUT2D eigenvalue weighted by Gasteiger charge is -2.20. The summed E-state index contributed by atoms with van der Waals surface area (Å²) in [4.78, 5) is 0. The molecule has 2 nitrogen and oxygen atoms in total. The minimum Gasteiger partial charge on any atom is -0.323 e. The Morgan fingerprint density at radius 3 is 3.00 bits per heavy atom. The summed E-state index contributed by atoms with van der Waals surface area (Å²) in [6, 6.07) is 6.36. The van der Waals surface area contributed by atoms with E-state index in [0.717, 1.165) is 31.4 Å². The van der Waals surface area contributed by atoms with Crippen LogP contribution in [0.3, 0.4) is 0 Å². The Kier molecular flexibility index (Phi) is 2.86. The molecule has 0 aliphatic heterocycles. The summed E-state index contributed by atoms with van der Waals surface area (Å²) in [6.45, 7) is 3.79. The first-order chi connectivity index (χ1) is 7.36. The minimum absolute atomic E-state index is 0.932. The summed E-state index contributed by atoms with van der Waals surface area (Å²) in [5, 5.41) is 3.88. The van der Waals surface area contributed by atoms with E-state index in [1.54, 1.807) is 0 Å². The zero-order valence-corrected chi connectivity index (χ0v) is 8.87. The lowest BCUT2D eigenvalue weighted by atomic mass is 9.86. The zero-order valence-electron chi connectivity index (χ0n) is 8.87. The Morgan fingerprint density at radius 1 is 1.40 bits per heavy atom. The molecule has 0 spiro atoms. The van der Waals surface area contributed by atoms with Gasteiger partial charge in [0.15, 0.2) is 0 Å². The monoisotopic (exact) mass is 200 g/mol. The van der Waals surface area contributed by atoms with E-state index >= 15 is 0 Å². The van der Waals surface area contributed by atoms with E-state index < -0.39 is 0 Å². The van der Waals surface area contributed by atoms with Crippen molar-refractivity contribution in [2.24, 2.45) is 10.9 Å². The fourth-order valence-corrected chi connectivity index (χ4v) is 2.25. The molecule has 0 fully saturated rings. The molecule has 0 unspecified atom stereocenters. The van der Waals surface area contributed by atoms with Gasteiger partial charge in [-0.2, -0.15) is 5.10 Å². The molecule has 0 bridgehead atoms. The molecule has 1 aliphatic rings. The Bertz CT molecular complexity index is 405. The molecule has 2 heteroatoms. The van der Waals surface area contributed by atoms with Crippen LogP contribution in [-0.4, -0.2) is 5.71 Å². The van der Waals surface area contributed by atoms with Gasteiger partial charge in [-0.3, -0.25) is 0 Å². The molecule has 2 rings (SSSR count). The number of fused-ring (bicyclic) bond motifs is 1. The van der Waals surface area contributed by atoms with Crippen molar-refractivity contribution >= 4 is 5.71 Å². The van der Waals surface area contributed by atoms with E-state index in [1.165, 1.54) is 16.7 Å². The second-order valence-electron chi connectivity index (χ2n) is 3.87. The molecule has 0 saturated carbocycles. The van der Waals surface area contributed by atoms with Crippen molar-refractivity contribution in [2.75, 3.05) is 0 Å². The quantitative estimate of drug-likeness (QED) is 0.444. The number of benzene rings is 1. The van der Waals surface area contributed by atoms with Crippen LogP contribution in [0.25, 0.3) is 0 Å². The molecule has 0 amide bonds. The molecule has 15 heavy (non-hydrogen) atoms. The Balaban J connectivity index is 2.50. The summed E-state index contributed by atoms with van der Waals surface area (Å²) in [5.74, 6) is 5.41. The van der Waals surface area contributed by atoms with E-state index in [9.17, 15) is 0 Å². The molecule has 0 heterocycles. The molecule has 1 aromatic carbocycles. The van der Waals surface area contributed by atoms with E-state index in [0.29, 0.717) is 0 Å². The fraction of sp³-hybridized carbons (Fsp3) is 0.308. The molecule has 0 saturated heterocycles. The SMILES string of the molecule is C=CCc1cccc2c1CCCC2=NN. The van der Waals surface area contributed by atoms with Crippen LogP contribution in [0.1, 0.15) is 29.5 Å². The number of nitrogens with zero attached hydrogens (tertiary/aromatic N) is 1.